The van der Waals surface area contributed by atoms with Crippen LogP contribution in [0.3, 0.4) is 0 Å². The maximum Gasteiger partial charge on any atom is 0.172 e. The van der Waals surface area contributed by atoms with Crippen molar-refractivity contribution < 1.29 is 4.39 Å². The van der Waals surface area contributed by atoms with Crippen LogP contribution >= 0.6 is 11.6 Å². The van der Waals surface area contributed by atoms with Gasteiger partial charge < -0.3 is 4.90 Å². The molecule has 0 bridgehead atoms. The van der Waals surface area contributed by atoms with Gasteiger partial charge in [-0.1, -0.05) is 11.6 Å². The molecule has 5 heteroatoms. The Kier molecular flexibility index (Phi) is 3.23. The molecule has 0 N–H and O–H groups in total. The number of hydrogen-bond acceptors (Lipinski definition) is 3. The first-order valence-electron chi connectivity index (χ1n) is 7.46. The number of anilines is 1. The molecule has 1 aliphatic carbocycles. The predicted octanol–water partition coefficient (Wildman–Crippen LogP) is 3.31. The number of benzene rings is 1. The van der Waals surface area contributed by atoms with Gasteiger partial charge in [0.05, 0.1) is 10.7 Å². The van der Waals surface area contributed by atoms with Crippen molar-refractivity contribution in [3.05, 3.63) is 35.2 Å². The van der Waals surface area contributed by atoms with Crippen LogP contribution < -0.4 is 4.90 Å². The quantitative estimate of drug-likeness (QED) is 0.848. The van der Waals surface area contributed by atoms with Gasteiger partial charge in [-0.15, -0.1) is 0 Å². The number of pyridine rings is 1. The van der Waals surface area contributed by atoms with Gasteiger partial charge in [0.15, 0.2) is 5.82 Å². The van der Waals surface area contributed by atoms with Crippen molar-refractivity contribution in [2.24, 2.45) is 0 Å². The zero-order chi connectivity index (χ0) is 14.4. The maximum absolute atomic E-state index is 14.7. The number of piperazine rings is 1. The van der Waals surface area contributed by atoms with Crippen LogP contribution in [0.25, 0.3) is 10.9 Å². The summed E-state index contributed by atoms with van der Waals surface area (Å²) in [6.07, 6.45) is 4.21. The molecule has 2 aromatic rings. The summed E-state index contributed by atoms with van der Waals surface area (Å²) in [6.45, 7) is 3.79. The number of hydrogen-bond donors (Lipinski definition) is 0. The maximum atomic E-state index is 14.7. The molecule has 0 radical (unpaired) electrons. The van der Waals surface area contributed by atoms with Crippen molar-refractivity contribution >= 4 is 28.2 Å². The topological polar surface area (TPSA) is 19.4 Å². The van der Waals surface area contributed by atoms with Gasteiger partial charge in [-0.25, -0.2) is 4.39 Å². The SMILES string of the molecule is Fc1c(N2CCN(C3CC3)CC2)ccc2c(Cl)ccnc12. The molecule has 2 aliphatic rings. The molecule has 0 atom stereocenters. The van der Waals surface area contributed by atoms with Crippen molar-refractivity contribution in [1.82, 2.24) is 9.88 Å². The summed E-state index contributed by atoms with van der Waals surface area (Å²) in [5.41, 5.74) is 1.01. The van der Waals surface area contributed by atoms with E-state index < -0.39 is 0 Å². The molecule has 1 aromatic carbocycles. The van der Waals surface area contributed by atoms with E-state index in [0.29, 0.717) is 21.6 Å². The molecule has 2 heterocycles. The highest BCUT2D eigenvalue weighted by Gasteiger charge is 2.31. The average Bonchev–Trinajstić information content (AvgIpc) is 3.34. The van der Waals surface area contributed by atoms with Gasteiger partial charge in [-0.2, -0.15) is 0 Å². The van der Waals surface area contributed by atoms with Crippen LogP contribution in [0.15, 0.2) is 24.4 Å². The fraction of sp³-hybridized carbons (Fsp3) is 0.438. The van der Waals surface area contributed by atoms with Gasteiger partial charge in [0.2, 0.25) is 0 Å². The van der Waals surface area contributed by atoms with E-state index >= 15 is 0 Å². The summed E-state index contributed by atoms with van der Waals surface area (Å²) in [5.74, 6) is -0.255. The first kappa shape index (κ1) is 13.3. The number of fused-ring (bicyclic) bond motifs is 1. The van der Waals surface area contributed by atoms with Gasteiger partial charge in [0, 0.05) is 43.8 Å². The van der Waals surface area contributed by atoms with E-state index in [1.807, 2.05) is 12.1 Å². The summed E-state index contributed by atoms with van der Waals surface area (Å²) in [7, 11) is 0. The molecule has 3 nitrogen and oxygen atoms in total. The lowest BCUT2D eigenvalue weighted by molar-refractivity contribution is 0.247. The molecule has 0 unspecified atom stereocenters. The Balaban J connectivity index is 1.63. The van der Waals surface area contributed by atoms with Gasteiger partial charge in [-0.05, 0) is 31.0 Å². The van der Waals surface area contributed by atoms with Crippen molar-refractivity contribution in [3.8, 4) is 0 Å². The van der Waals surface area contributed by atoms with E-state index in [1.54, 1.807) is 12.3 Å². The number of nitrogens with zero attached hydrogens (tertiary/aromatic N) is 3. The molecule has 2 fully saturated rings. The summed E-state index contributed by atoms with van der Waals surface area (Å²) in [4.78, 5) is 8.79. The number of aromatic nitrogens is 1. The highest BCUT2D eigenvalue weighted by molar-refractivity contribution is 6.35. The van der Waals surface area contributed by atoms with E-state index in [2.05, 4.69) is 14.8 Å². The van der Waals surface area contributed by atoms with E-state index in [9.17, 15) is 4.39 Å². The Morgan fingerprint density at radius 3 is 2.57 bits per heavy atom. The van der Waals surface area contributed by atoms with E-state index in [0.717, 1.165) is 32.2 Å². The average molecular weight is 306 g/mol. The lowest BCUT2D eigenvalue weighted by Crippen LogP contribution is -2.47. The second-order valence-electron chi connectivity index (χ2n) is 5.84. The van der Waals surface area contributed by atoms with E-state index in [4.69, 9.17) is 11.6 Å². The molecular formula is C16H17ClFN3. The molecular weight excluding hydrogens is 289 g/mol. The lowest BCUT2D eigenvalue weighted by atomic mass is 10.1. The van der Waals surface area contributed by atoms with Gasteiger partial charge in [0.1, 0.15) is 5.52 Å². The molecule has 110 valence electrons. The summed E-state index contributed by atoms with van der Waals surface area (Å²) in [6, 6.07) is 6.18. The van der Waals surface area contributed by atoms with Crippen LogP contribution in [0.5, 0.6) is 0 Å². The molecule has 1 saturated carbocycles. The van der Waals surface area contributed by atoms with Gasteiger partial charge in [0.25, 0.3) is 0 Å². The lowest BCUT2D eigenvalue weighted by Gasteiger charge is -2.36. The Morgan fingerprint density at radius 1 is 1.10 bits per heavy atom. The number of halogens is 2. The van der Waals surface area contributed by atoms with Gasteiger partial charge in [-0.3, -0.25) is 9.88 Å². The van der Waals surface area contributed by atoms with Crippen LogP contribution in [0.2, 0.25) is 5.02 Å². The first-order valence-corrected chi connectivity index (χ1v) is 7.83. The third-order valence-electron chi connectivity index (χ3n) is 4.50. The van der Waals surface area contributed by atoms with Crippen LogP contribution in [-0.2, 0) is 0 Å². The van der Waals surface area contributed by atoms with Crippen molar-refractivity contribution in [2.75, 3.05) is 31.1 Å². The third-order valence-corrected chi connectivity index (χ3v) is 4.83. The molecule has 0 amide bonds. The van der Waals surface area contributed by atoms with E-state index in [1.165, 1.54) is 12.8 Å². The Hall–Kier alpha value is -1.39. The van der Waals surface area contributed by atoms with Crippen LogP contribution in [0.4, 0.5) is 10.1 Å². The zero-order valence-corrected chi connectivity index (χ0v) is 12.5. The Morgan fingerprint density at radius 2 is 1.86 bits per heavy atom. The zero-order valence-electron chi connectivity index (χ0n) is 11.7. The fourth-order valence-electron chi connectivity index (χ4n) is 3.15. The van der Waals surface area contributed by atoms with Gasteiger partial charge >= 0.3 is 0 Å². The van der Waals surface area contributed by atoms with Crippen molar-refractivity contribution in [2.45, 2.75) is 18.9 Å². The first-order chi connectivity index (χ1) is 10.2. The largest absolute Gasteiger partial charge is 0.367 e. The monoisotopic (exact) mass is 305 g/mol. The molecule has 21 heavy (non-hydrogen) atoms. The van der Waals surface area contributed by atoms with Crippen LogP contribution in [-0.4, -0.2) is 42.1 Å². The smallest absolute Gasteiger partial charge is 0.172 e. The predicted molar refractivity (Wildman–Crippen MR) is 83.5 cm³/mol. The molecule has 4 rings (SSSR count). The minimum absolute atomic E-state index is 0.255. The van der Waals surface area contributed by atoms with E-state index in [-0.39, 0.29) is 5.82 Å². The minimum atomic E-state index is -0.255. The normalized spacial score (nSPS) is 20.2. The van der Waals surface area contributed by atoms with Crippen molar-refractivity contribution in [1.29, 1.82) is 0 Å². The summed E-state index contributed by atoms with van der Waals surface area (Å²) < 4.78 is 14.7. The second-order valence-corrected chi connectivity index (χ2v) is 6.25. The highest BCUT2D eigenvalue weighted by atomic mass is 35.5. The van der Waals surface area contributed by atoms with Crippen molar-refractivity contribution in [3.63, 3.8) is 0 Å². The Labute approximate surface area is 128 Å². The molecule has 1 aliphatic heterocycles. The number of rotatable bonds is 2. The molecule has 1 saturated heterocycles. The summed E-state index contributed by atoms with van der Waals surface area (Å²) >= 11 is 6.10. The fourth-order valence-corrected chi connectivity index (χ4v) is 3.36. The third kappa shape index (κ3) is 2.36. The standard InChI is InChI=1S/C16H17ClFN3/c17-13-5-6-19-16-12(13)3-4-14(15(16)18)21-9-7-20(8-10-21)11-1-2-11/h3-6,11H,1-2,7-10H2. The second kappa shape index (κ2) is 5.11. The van der Waals surface area contributed by atoms with Crippen LogP contribution in [0.1, 0.15) is 12.8 Å². The Bertz CT molecular complexity index is 679. The molecule has 1 aromatic heterocycles. The minimum Gasteiger partial charge on any atom is -0.367 e. The van der Waals surface area contributed by atoms with Crippen LogP contribution in [0, 0.1) is 5.82 Å². The molecule has 0 spiro atoms. The summed E-state index contributed by atoms with van der Waals surface area (Å²) in [5, 5.41) is 1.22. The highest BCUT2D eigenvalue weighted by Crippen LogP contribution is 2.32.